The quantitative estimate of drug-likeness (QED) is 0.229. The van der Waals surface area contributed by atoms with Crippen LogP contribution < -0.4 is 10.6 Å². The second kappa shape index (κ2) is 11.0. The summed E-state index contributed by atoms with van der Waals surface area (Å²) in [6.07, 6.45) is 4.99. The lowest BCUT2D eigenvalue weighted by Gasteiger charge is -2.28. The molecule has 5 aromatic rings. The van der Waals surface area contributed by atoms with Gasteiger partial charge in [-0.1, -0.05) is 54.7 Å². The smallest absolute Gasteiger partial charge is 0.226 e. The molecule has 0 radical (unpaired) electrons. The molecule has 2 atom stereocenters. The number of benzene rings is 2. The highest BCUT2D eigenvalue weighted by Gasteiger charge is 2.41. The molecule has 4 heterocycles. The van der Waals surface area contributed by atoms with Gasteiger partial charge in [-0.2, -0.15) is 0 Å². The van der Waals surface area contributed by atoms with Crippen molar-refractivity contribution in [2.45, 2.75) is 31.8 Å². The van der Waals surface area contributed by atoms with Crippen molar-refractivity contribution in [3.05, 3.63) is 108 Å². The standard InChI is InChI=1S/C30H28N6OS2/c1-2-20-10-3-4-11-21(20)32-26(37)16-19-36-28(27(34-29(36)38)23-13-7-8-17-31-23)24-14-9-18-35(24)30-33-22-12-5-6-15-25(22)39-30/h3-15,17-18,27-28H,2,16,19H2,1H3,(H,32,37)(H,34,38)/t27-,28-/m0/s1. The number of hydrogen-bond acceptors (Lipinski definition) is 5. The zero-order chi connectivity index (χ0) is 26.8. The number of thiazole rings is 1. The summed E-state index contributed by atoms with van der Waals surface area (Å²) >= 11 is 7.49. The molecule has 196 valence electrons. The van der Waals surface area contributed by atoms with Gasteiger partial charge in [0.1, 0.15) is 0 Å². The van der Waals surface area contributed by atoms with Crippen LogP contribution in [0.5, 0.6) is 0 Å². The number of para-hydroxylation sites is 2. The molecular formula is C30H28N6OS2. The molecule has 0 aliphatic carbocycles. The van der Waals surface area contributed by atoms with Crippen LogP contribution in [0.2, 0.25) is 0 Å². The first-order valence-electron chi connectivity index (χ1n) is 13.0. The van der Waals surface area contributed by atoms with Gasteiger partial charge >= 0.3 is 0 Å². The number of nitrogens with zero attached hydrogens (tertiary/aromatic N) is 4. The molecule has 7 nitrogen and oxygen atoms in total. The number of aromatic nitrogens is 3. The van der Waals surface area contributed by atoms with Crippen LogP contribution in [-0.4, -0.2) is 37.0 Å². The van der Waals surface area contributed by atoms with Crippen molar-refractivity contribution in [1.82, 2.24) is 24.8 Å². The van der Waals surface area contributed by atoms with Gasteiger partial charge in [-0.15, -0.1) is 0 Å². The molecule has 2 aromatic carbocycles. The fraction of sp³-hybridized carbons (Fsp3) is 0.200. The van der Waals surface area contributed by atoms with Crippen molar-refractivity contribution in [2.24, 2.45) is 0 Å². The number of pyridine rings is 1. The minimum Gasteiger partial charge on any atom is -0.352 e. The number of hydrogen-bond donors (Lipinski definition) is 2. The maximum Gasteiger partial charge on any atom is 0.226 e. The van der Waals surface area contributed by atoms with E-state index in [4.69, 9.17) is 17.2 Å². The molecule has 39 heavy (non-hydrogen) atoms. The van der Waals surface area contributed by atoms with Gasteiger partial charge < -0.3 is 15.5 Å². The average Bonchev–Trinajstić information content (AvgIpc) is 3.69. The van der Waals surface area contributed by atoms with Crippen LogP contribution in [0.1, 0.15) is 42.4 Å². The van der Waals surface area contributed by atoms with Crippen LogP contribution in [0.4, 0.5) is 5.69 Å². The van der Waals surface area contributed by atoms with E-state index in [0.29, 0.717) is 18.1 Å². The SMILES string of the molecule is CCc1ccccc1NC(=O)CCN1C(=S)N[C@@H](c2ccccn2)[C@@H]1c1cccn1-c1nc2ccccc2s1. The molecule has 3 aromatic heterocycles. The Balaban J connectivity index is 1.31. The van der Waals surface area contributed by atoms with Gasteiger partial charge in [-0.25, -0.2) is 4.98 Å². The first-order chi connectivity index (χ1) is 19.1. The topological polar surface area (TPSA) is 75.1 Å². The Hall–Kier alpha value is -4.08. The number of carbonyl (C=O) groups is 1. The molecule has 9 heteroatoms. The van der Waals surface area contributed by atoms with E-state index in [-0.39, 0.29) is 18.0 Å². The van der Waals surface area contributed by atoms with Gasteiger partial charge in [0, 0.05) is 31.0 Å². The molecule has 1 aliphatic heterocycles. The van der Waals surface area contributed by atoms with Crippen molar-refractivity contribution in [3.63, 3.8) is 0 Å². The molecule has 0 spiro atoms. The van der Waals surface area contributed by atoms with E-state index in [9.17, 15) is 4.79 Å². The zero-order valence-corrected chi connectivity index (χ0v) is 23.1. The first kappa shape index (κ1) is 25.2. The summed E-state index contributed by atoms with van der Waals surface area (Å²) < 4.78 is 3.26. The number of anilines is 1. The maximum atomic E-state index is 13.0. The molecular weight excluding hydrogens is 525 g/mol. The van der Waals surface area contributed by atoms with Crippen molar-refractivity contribution >= 4 is 50.5 Å². The monoisotopic (exact) mass is 552 g/mol. The zero-order valence-electron chi connectivity index (χ0n) is 21.4. The van der Waals surface area contributed by atoms with Crippen LogP contribution in [0.15, 0.2) is 91.3 Å². The molecule has 1 fully saturated rings. The highest BCUT2D eigenvalue weighted by Crippen LogP contribution is 2.40. The lowest BCUT2D eigenvalue weighted by atomic mass is 10.0. The number of rotatable bonds is 8. The van der Waals surface area contributed by atoms with Crippen molar-refractivity contribution in [2.75, 3.05) is 11.9 Å². The van der Waals surface area contributed by atoms with Crippen molar-refractivity contribution < 1.29 is 4.79 Å². The third-order valence-corrected chi connectivity index (χ3v) is 8.41. The lowest BCUT2D eigenvalue weighted by Crippen LogP contribution is -2.33. The van der Waals surface area contributed by atoms with E-state index in [1.54, 1.807) is 17.5 Å². The lowest BCUT2D eigenvalue weighted by molar-refractivity contribution is -0.116. The molecule has 6 rings (SSSR count). The minimum atomic E-state index is -0.176. The first-order valence-corrected chi connectivity index (χ1v) is 14.2. The Labute approximate surface area is 236 Å². The second-order valence-corrected chi connectivity index (χ2v) is 10.8. The van der Waals surface area contributed by atoms with Gasteiger partial charge in [-0.05, 0) is 66.7 Å². The summed E-state index contributed by atoms with van der Waals surface area (Å²) in [4.78, 5) is 24.7. The van der Waals surface area contributed by atoms with Crippen molar-refractivity contribution in [3.8, 4) is 5.13 Å². The predicted molar refractivity (Wildman–Crippen MR) is 160 cm³/mol. The van der Waals surface area contributed by atoms with Gasteiger partial charge in [0.25, 0.3) is 0 Å². The van der Waals surface area contributed by atoms with Crippen LogP contribution in [0.3, 0.4) is 0 Å². The predicted octanol–water partition coefficient (Wildman–Crippen LogP) is 6.05. The van der Waals surface area contributed by atoms with Crippen LogP contribution in [0.25, 0.3) is 15.3 Å². The van der Waals surface area contributed by atoms with Crippen molar-refractivity contribution in [1.29, 1.82) is 0 Å². The van der Waals surface area contributed by atoms with Gasteiger partial charge in [0.15, 0.2) is 10.2 Å². The fourth-order valence-corrected chi connectivity index (χ4v) is 6.43. The highest BCUT2D eigenvalue weighted by molar-refractivity contribution is 7.80. The normalized spacial score (nSPS) is 16.9. The Morgan fingerprint density at radius 1 is 1.05 bits per heavy atom. The van der Waals surface area contributed by atoms with Crippen LogP contribution in [0, 0.1) is 0 Å². The summed E-state index contributed by atoms with van der Waals surface area (Å²) in [6, 6.07) is 25.8. The van der Waals surface area contributed by atoms with Gasteiger partial charge in [-0.3, -0.25) is 14.3 Å². The van der Waals surface area contributed by atoms with E-state index < -0.39 is 0 Å². The Kier molecular flexibility index (Phi) is 7.08. The molecule has 2 N–H and O–H groups in total. The minimum absolute atomic E-state index is 0.0414. The Morgan fingerprint density at radius 2 is 1.87 bits per heavy atom. The summed E-state index contributed by atoms with van der Waals surface area (Å²) in [5.74, 6) is -0.0414. The van der Waals surface area contributed by atoms with E-state index in [0.717, 1.165) is 44.4 Å². The number of amides is 1. The Bertz CT molecular complexity index is 1600. The van der Waals surface area contributed by atoms with Crippen LogP contribution >= 0.6 is 23.6 Å². The van der Waals surface area contributed by atoms with Gasteiger partial charge in [0.2, 0.25) is 5.91 Å². The fourth-order valence-electron chi connectivity index (χ4n) is 5.13. The average molecular weight is 553 g/mol. The molecule has 1 amide bonds. The molecule has 1 aliphatic rings. The third kappa shape index (κ3) is 5.03. The van der Waals surface area contributed by atoms with Gasteiger partial charge in [0.05, 0.1) is 33.7 Å². The Morgan fingerprint density at radius 3 is 2.69 bits per heavy atom. The molecule has 0 unspecified atom stereocenters. The third-order valence-electron chi connectivity index (χ3n) is 7.02. The van der Waals surface area contributed by atoms with E-state index >= 15 is 0 Å². The second-order valence-electron chi connectivity index (χ2n) is 9.40. The summed E-state index contributed by atoms with van der Waals surface area (Å²) in [7, 11) is 0. The number of fused-ring (bicyclic) bond motifs is 1. The number of nitrogens with one attached hydrogen (secondary N) is 2. The summed E-state index contributed by atoms with van der Waals surface area (Å²) in [6.45, 7) is 2.55. The van der Waals surface area contributed by atoms with E-state index in [1.807, 2.05) is 72.9 Å². The van der Waals surface area contributed by atoms with E-state index in [1.165, 1.54) is 0 Å². The molecule has 0 bridgehead atoms. The maximum absolute atomic E-state index is 13.0. The van der Waals surface area contributed by atoms with Crippen LogP contribution in [-0.2, 0) is 11.2 Å². The largest absolute Gasteiger partial charge is 0.352 e. The number of thiocarbonyl (C=S) groups is 1. The molecule has 1 saturated heterocycles. The summed E-state index contributed by atoms with van der Waals surface area (Å²) in [5, 5.41) is 8.08. The van der Waals surface area contributed by atoms with E-state index in [2.05, 4.69) is 44.1 Å². The number of aryl methyl sites for hydroxylation is 1. The molecule has 0 saturated carbocycles. The summed E-state index contributed by atoms with van der Waals surface area (Å²) in [5.41, 5.74) is 4.88. The highest BCUT2D eigenvalue weighted by atomic mass is 32.1. The number of carbonyl (C=O) groups excluding carboxylic acids is 1.